The molecule has 4 rings (SSSR count). The fraction of sp³-hybridized carbons (Fsp3) is 0.429. The third kappa shape index (κ3) is 4.46. The number of benzene rings is 1. The van der Waals surface area contributed by atoms with Crippen molar-refractivity contribution in [1.82, 2.24) is 15.2 Å². The molecule has 1 saturated heterocycles. The van der Waals surface area contributed by atoms with Crippen molar-refractivity contribution in [2.24, 2.45) is 0 Å². The Hall–Kier alpha value is -2.44. The van der Waals surface area contributed by atoms with Crippen LogP contribution in [0, 0.1) is 0 Å². The molecule has 0 aliphatic carbocycles. The Bertz CT molecular complexity index is 789. The van der Waals surface area contributed by atoms with Gasteiger partial charge in [0.1, 0.15) is 5.82 Å². The van der Waals surface area contributed by atoms with Crippen LogP contribution in [0.25, 0.3) is 0 Å². The molecule has 0 spiro atoms. The maximum atomic E-state index is 12.5. The molecule has 3 heterocycles. The van der Waals surface area contributed by atoms with Gasteiger partial charge in [-0.15, -0.1) is 0 Å². The van der Waals surface area contributed by atoms with Crippen LogP contribution < -0.4 is 10.2 Å². The number of nitrogens with one attached hydrogen (secondary N) is 1. The molecule has 2 aliphatic rings. The van der Waals surface area contributed by atoms with E-state index < -0.39 is 0 Å². The van der Waals surface area contributed by atoms with Crippen LogP contribution in [-0.4, -0.2) is 61.7 Å². The predicted molar refractivity (Wildman–Crippen MR) is 105 cm³/mol. The van der Waals surface area contributed by atoms with E-state index in [2.05, 4.69) is 44.4 Å². The highest BCUT2D eigenvalue weighted by Crippen LogP contribution is 2.23. The highest BCUT2D eigenvalue weighted by Gasteiger charge is 2.18. The van der Waals surface area contributed by atoms with Crippen LogP contribution in [0.5, 0.6) is 0 Å². The van der Waals surface area contributed by atoms with E-state index in [-0.39, 0.29) is 5.91 Å². The fourth-order valence-corrected chi connectivity index (χ4v) is 3.68. The van der Waals surface area contributed by atoms with Crippen LogP contribution in [0.4, 0.5) is 5.82 Å². The zero-order valence-corrected chi connectivity index (χ0v) is 15.6. The Morgan fingerprint density at radius 2 is 1.93 bits per heavy atom. The lowest BCUT2D eigenvalue weighted by Crippen LogP contribution is -2.41. The second-order valence-corrected chi connectivity index (χ2v) is 7.05. The van der Waals surface area contributed by atoms with Crippen LogP contribution in [0.3, 0.4) is 0 Å². The van der Waals surface area contributed by atoms with Crippen molar-refractivity contribution in [2.75, 3.05) is 50.8 Å². The molecule has 2 aromatic rings. The third-order valence-electron chi connectivity index (χ3n) is 5.28. The van der Waals surface area contributed by atoms with Gasteiger partial charge in [-0.05, 0) is 29.7 Å². The number of nitrogens with zero attached hydrogens (tertiary/aromatic N) is 3. The summed E-state index contributed by atoms with van der Waals surface area (Å²) in [5, 5.41) is 3.02. The van der Waals surface area contributed by atoms with Crippen molar-refractivity contribution >= 4 is 11.7 Å². The number of hydrogen-bond donors (Lipinski definition) is 1. The molecule has 27 heavy (non-hydrogen) atoms. The molecule has 0 saturated carbocycles. The summed E-state index contributed by atoms with van der Waals surface area (Å²) in [5.41, 5.74) is 3.41. The Kier molecular flexibility index (Phi) is 5.65. The highest BCUT2D eigenvalue weighted by atomic mass is 16.5. The molecule has 1 aromatic heterocycles. The van der Waals surface area contributed by atoms with Crippen LogP contribution >= 0.6 is 0 Å². The van der Waals surface area contributed by atoms with Crippen molar-refractivity contribution in [3.63, 3.8) is 0 Å². The van der Waals surface area contributed by atoms with E-state index in [1.54, 1.807) is 12.3 Å². The molecule has 2 aliphatic heterocycles. The van der Waals surface area contributed by atoms with Gasteiger partial charge in [-0.25, -0.2) is 4.98 Å². The van der Waals surface area contributed by atoms with Gasteiger partial charge in [0.05, 0.1) is 13.2 Å². The molecule has 142 valence electrons. The molecule has 1 N–H and O–H groups in total. The molecule has 6 nitrogen and oxygen atoms in total. The van der Waals surface area contributed by atoms with Gasteiger partial charge in [-0.3, -0.25) is 9.69 Å². The Morgan fingerprint density at radius 1 is 1.11 bits per heavy atom. The normalized spacial score (nSPS) is 17.4. The molecular weight excluding hydrogens is 340 g/mol. The number of rotatable bonds is 5. The average Bonchev–Trinajstić information content (AvgIpc) is 2.74. The summed E-state index contributed by atoms with van der Waals surface area (Å²) in [6, 6.07) is 12.2. The fourth-order valence-electron chi connectivity index (χ4n) is 3.68. The molecule has 1 fully saturated rings. The predicted octanol–water partition coefficient (Wildman–Crippen LogP) is 1.71. The quantitative estimate of drug-likeness (QED) is 0.873. The molecule has 1 amide bonds. The average molecular weight is 366 g/mol. The summed E-state index contributed by atoms with van der Waals surface area (Å²) in [6.45, 7) is 6.69. The number of hydrogen-bond acceptors (Lipinski definition) is 5. The SMILES string of the molecule is O=C(NCCN1CCOCC1)c1ccnc(N2CCc3ccccc3C2)c1. The smallest absolute Gasteiger partial charge is 0.251 e. The number of pyridine rings is 1. The summed E-state index contributed by atoms with van der Waals surface area (Å²) in [4.78, 5) is 21.6. The highest BCUT2D eigenvalue weighted by molar-refractivity contribution is 5.94. The van der Waals surface area contributed by atoms with Gasteiger partial charge in [0.15, 0.2) is 0 Å². The largest absolute Gasteiger partial charge is 0.379 e. The van der Waals surface area contributed by atoms with E-state index in [0.717, 1.165) is 58.2 Å². The van der Waals surface area contributed by atoms with E-state index in [4.69, 9.17) is 4.74 Å². The third-order valence-corrected chi connectivity index (χ3v) is 5.28. The van der Waals surface area contributed by atoms with E-state index >= 15 is 0 Å². The Balaban J connectivity index is 1.35. The first-order valence-electron chi connectivity index (χ1n) is 9.66. The van der Waals surface area contributed by atoms with Crippen molar-refractivity contribution < 1.29 is 9.53 Å². The minimum atomic E-state index is -0.0377. The second-order valence-electron chi connectivity index (χ2n) is 7.05. The second kappa shape index (κ2) is 8.50. The zero-order valence-electron chi connectivity index (χ0n) is 15.6. The summed E-state index contributed by atoms with van der Waals surface area (Å²) >= 11 is 0. The lowest BCUT2D eigenvalue weighted by Gasteiger charge is -2.30. The van der Waals surface area contributed by atoms with Crippen molar-refractivity contribution in [3.05, 3.63) is 59.3 Å². The number of carbonyl (C=O) groups is 1. The number of ether oxygens (including phenoxy) is 1. The van der Waals surface area contributed by atoms with Gasteiger partial charge >= 0.3 is 0 Å². The van der Waals surface area contributed by atoms with E-state index in [9.17, 15) is 4.79 Å². The molecule has 0 bridgehead atoms. The van der Waals surface area contributed by atoms with Gasteiger partial charge in [0, 0.05) is 51.0 Å². The van der Waals surface area contributed by atoms with Crippen LogP contribution in [0.2, 0.25) is 0 Å². The first-order chi connectivity index (χ1) is 13.3. The van der Waals surface area contributed by atoms with E-state index in [1.165, 1.54) is 11.1 Å². The number of morpholine rings is 1. The number of carbonyl (C=O) groups excluding carboxylic acids is 1. The number of amides is 1. The Morgan fingerprint density at radius 3 is 2.78 bits per heavy atom. The van der Waals surface area contributed by atoms with Gasteiger partial charge in [-0.2, -0.15) is 0 Å². The monoisotopic (exact) mass is 366 g/mol. The number of aromatic nitrogens is 1. The van der Waals surface area contributed by atoms with Gasteiger partial charge in [-0.1, -0.05) is 24.3 Å². The molecule has 1 aromatic carbocycles. The maximum Gasteiger partial charge on any atom is 0.251 e. The topological polar surface area (TPSA) is 57.7 Å². The minimum absolute atomic E-state index is 0.0377. The minimum Gasteiger partial charge on any atom is -0.379 e. The standard InChI is InChI=1S/C21H26N4O2/c26-21(23-8-10-24-11-13-27-14-12-24)18-5-7-22-20(15-18)25-9-6-17-3-1-2-4-19(17)16-25/h1-5,7,15H,6,8-14,16H2,(H,23,26). The first kappa shape index (κ1) is 17.9. The summed E-state index contributed by atoms with van der Waals surface area (Å²) < 4.78 is 5.35. The molecular formula is C21H26N4O2. The van der Waals surface area contributed by atoms with Crippen molar-refractivity contribution in [2.45, 2.75) is 13.0 Å². The summed E-state index contributed by atoms with van der Waals surface area (Å²) in [5.74, 6) is 0.828. The first-order valence-corrected chi connectivity index (χ1v) is 9.66. The number of fused-ring (bicyclic) bond motifs is 1. The summed E-state index contributed by atoms with van der Waals surface area (Å²) in [6.07, 6.45) is 2.74. The van der Waals surface area contributed by atoms with Crippen molar-refractivity contribution in [3.8, 4) is 0 Å². The van der Waals surface area contributed by atoms with Crippen LogP contribution in [0.1, 0.15) is 21.5 Å². The Labute approximate surface area is 160 Å². The van der Waals surface area contributed by atoms with Crippen molar-refractivity contribution in [1.29, 1.82) is 0 Å². The maximum absolute atomic E-state index is 12.5. The lowest BCUT2D eigenvalue weighted by molar-refractivity contribution is 0.0383. The van der Waals surface area contributed by atoms with Crippen LogP contribution in [-0.2, 0) is 17.7 Å². The van der Waals surface area contributed by atoms with E-state index in [0.29, 0.717) is 12.1 Å². The van der Waals surface area contributed by atoms with Gasteiger partial charge in [0.2, 0.25) is 0 Å². The zero-order chi connectivity index (χ0) is 18.5. The lowest BCUT2D eigenvalue weighted by atomic mass is 10.00. The number of anilines is 1. The molecule has 0 radical (unpaired) electrons. The van der Waals surface area contributed by atoms with Gasteiger partial charge in [0.25, 0.3) is 5.91 Å². The van der Waals surface area contributed by atoms with E-state index in [1.807, 2.05) is 6.07 Å². The molecule has 6 heteroatoms. The molecule has 0 unspecified atom stereocenters. The van der Waals surface area contributed by atoms with Crippen LogP contribution in [0.15, 0.2) is 42.6 Å². The summed E-state index contributed by atoms with van der Waals surface area (Å²) in [7, 11) is 0. The molecule has 0 atom stereocenters. The van der Waals surface area contributed by atoms with Gasteiger partial charge < -0.3 is 15.0 Å².